The normalized spacial score (nSPS) is 23.6. The molecule has 1 saturated carbocycles. The topological polar surface area (TPSA) is 81.1 Å². The first-order chi connectivity index (χ1) is 8.16. The number of rotatable bonds is 3. The van der Waals surface area contributed by atoms with E-state index in [1.807, 2.05) is 18.2 Å². The fourth-order valence-electron chi connectivity index (χ4n) is 2.37. The van der Waals surface area contributed by atoms with Crippen LogP contribution in [0.4, 0.5) is 11.4 Å². The third-order valence-corrected chi connectivity index (χ3v) is 3.40. The molecule has 0 spiro atoms. The molecule has 1 aromatic rings. The second-order valence-electron chi connectivity index (χ2n) is 4.69. The first-order valence-electron chi connectivity index (χ1n) is 6.07. The molecular formula is C13H19N3O. The van der Waals surface area contributed by atoms with Gasteiger partial charge in [0, 0.05) is 12.5 Å². The summed E-state index contributed by atoms with van der Waals surface area (Å²) in [4.78, 5) is 11.8. The summed E-state index contributed by atoms with van der Waals surface area (Å²) in [5, 5.41) is 2.84. The molecule has 4 nitrogen and oxygen atoms in total. The highest BCUT2D eigenvalue weighted by atomic mass is 16.1. The zero-order valence-corrected chi connectivity index (χ0v) is 9.86. The fraction of sp³-hybridized carbons (Fsp3) is 0.462. The minimum atomic E-state index is 0.00486. The molecule has 0 unspecified atom stereocenters. The number of amides is 1. The van der Waals surface area contributed by atoms with Gasteiger partial charge in [0.25, 0.3) is 0 Å². The van der Waals surface area contributed by atoms with Gasteiger partial charge in [-0.3, -0.25) is 4.79 Å². The van der Waals surface area contributed by atoms with E-state index < -0.39 is 0 Å². The lowest BCUT2D eigenvalue weighted by Gasteiger charge is -2.15. The van der Waals surface area contributed by atoms with E-state index in [1.54, 1.807) is 6.07 Å². The van der Waals surface area contributed by atoms with E-state index >= 15 is 0 Å². The average molecular weight is 233 g/mol. The highest BCUT2D eigenvalue weighted by molar-refractivity contribution is 5.93. The van der Waals surface area contributed by atoms with E-state index in [-0.39, 0.29) is 11.9 Å². The summed E-state index contributed by atoms with van der Waals surface area (Å²) in [6.07, 6.45) is 3.71. The SMILES string of the molecule is Nc1ccccc1NC(=O)C[C@@H]1CCC[C@H]1N. The van der Waals surface area contributed by atoms with Gasteiger partial charge in [0.1, 0.15) is 0 Å². The van der Waals surface area contributed by atoms with E-state index in [9.17, 15) is 4.79 Å². The minimum Gasteiger partial charge on any atom is -0.397 e. The summed E-state index contributed by atoms with van der Waals surface area (Å²) in [7, 11) is 0. The quantitative estimate of drug-likeness (QED) is 0.695. The number of nitrogens with two attached hydrogens (primary N) is 2. The molecule has 4 heteroatoms. The van der Waals surface area contributed by atoms with Gasteiger partial charge in [-0.05, 0) is 30.9 Å². The van der Waals surface area contributed by atoms with Gasteiger partial charge in [0.2, 0.25) is 5.91 Å². The van der Waals surface area contributed by atoms with Crippen molar-refractivity contribution in [2.45, 2.75) is 31.7 Å². The first kappa shape index (κ1) is 11.9. The van der Waals surface area contributed by atoms with Gasteiger partial charge in [0.05, 0.1) is 11.4 Å². The second-order valence-corrected chi connectivity index (χ2v) is 4.69. The zero-order chi connectivity index (χ0) is 12.3. The molecule has 1 fully saturated rings. The highest BCUT2D eigenvalue weighted by Crippen LogP contribution is 2.27. The van der Waals surface area contributed by atoms with Gasteiger partial charge in [-0.1, -0.05) is 18.6 Å². The van der Waals surface area contributed by atoms with Gasteiger partial charge in [-0.25, -0.2) is 0 Å². The van der Waals surface area contributed by atoms with Crippen LogP contribution in [0.5, 0.6) is 0 Å². The second kappa shape index (κ2) is 5.19. The van der Waals surface area contributed by atoms with Crippen molar-refractivity contribution in [2.24, 2.45) is 11.7 Å². The maximum absolute atomic E-state index is 11.8. The third kappa shape index (κ3) is 2.97. The lowest BCUT2D eigenvalue weighted by atomic mass is 10.00. The Hall–Kier alpha value is -1.55. The van der Waals surface area contributed by atoms with Gasteiger partial charge in [0.15, 0.2) is 0 Å². The summed E-state index contributed by atoms with van der Waals surface area (Å²) >= 11 is 0. The summed E-state index contributed by atoms with van der Waals surface area (Å²) < 4.78 is 0. The van der Waals surface area contributed by atoms with Gasteiger partial charge in [-0.2, -0.15) is 0 Å². The number of anilines is 2. The summed E-state index contributed by atoms with van der Waals surface area (Å²) in [6.45, 7) is 0. The molecule has 0 bridgehead atoms. The van der Waals surface area contributed by atoms with Crippen LogP contribution in [0.2, 0.25) is 0 Å². The van der Waals surface area contributed by atoms with Crippen molar-refractivity contribution in [1.29, 1.82) is 0 Å². The van der Waals surface area contributed by atoms with Crippen LogP contribution >= 0.6 is 0 Å². The van der Waals surface area contributed by atoms with E-state index in [0.29, 0.717) is 23.7 Å². The number of hydrogen-bond donors (Lipinski definition) is 3. The molecule has 5 N–H and O–H groups in total. The number of nitrogens with one attached hydrogen (secondary N) is 1. The number of carbonyl (C=O) groups excluding carboxylic acids is 1. The van der Waals surface area contributed by atoms with Gasteiger partial charge < -0.3 is 16.8 Å². The van der Waals surface area contributed by atoms with Crippen LogP contribution in [0.1, 0.15) is 25.7 Å². The van der Waals surface area contributed by atoms with Crippen molar-refractivity contribution >= 4 is 17.3 Å². The third-order valence-electron chi connectivity index (χ3n) is 3.40. The standard InChI is InChI=1S/C13H19N3O/c14-10-6-3-4-9(10)8-13(17)16-12-7-2-1-5-11(12)15/h1-2,5,7,9-10H,3-4,6,8,14-15H2,(H,16,17)/t9-,10+/m0/s1. The largest absolute Gasteiger partial charge is 0.397 e. The van der Waals surface area contributed by atoms with Crippen LogP contribution in [0.15, 0.2) is 24.3 Å². The van der Waals surface area contributed by atoms with Gasteiger partial charge >= 0.3 is 0 Å². The number of para-hydroxylation sites is 2. The van der Waals surface area contributed by atoms with Crippen LogP contribution in [0.3, 0.4) is 0 Å². The first-order valence-corrected chi connectivity index (χ1v) is 6.07. The molecule has 2 atom stereocenters. The zero-order valence-electron chi connectivity index (χ0n) is 9.86. The van der Waals surface area contributed by atoms with Crippen LogP contribution in [0, 0.1) is 5.92 Å². The Morgan fingerprint density at radius 1 is 1.35 bits per heavy atom. The van der Waals surface area contributed by atoms with E-state index in [4.69, 9.17) is 11.5 Å². The van der Waals surface area contributed by atoms with E-state index in [2.05, 4.69) is 5.32 Å². The Labute approximate surface area is 101 Å². The van der Waals surface area contributed by atoms with Crippen molar-refractivity contribution in [1.82, 2.24) is 0 Å². The van der Waals surface area contributed by atoms with E-state index in [1.165, 1.54) is 0 Å². The van der Waals surface area contributed by atoms with Crippen LogP contribution in [0.25, 0.3) is 0 Å². The molecule has 92 valence electrons. The Kier molecular flexibility index (Phi) is 3.64. The van der Waals surface area contributed by atoms with Crippen molar-refractivity contribution in [3.63, 3.8) is 0 Å². The number of carbonyl (C=O) groups is 1. The number of benzene rings is 1. The summed E-state index contributed by atoms with van der Waals surface area (Å²) in [5.41, 5.74) is 13.0. The van der Waals surface area contributed by atoms with Crippen LogP contribution in [-0.2, 0) is 4.79 Å². The summed E-state index contributed by atoms with van der Waals surface area (Å²) in [6, 6.07) is 7.46. The Balaban J connectivity index is 1.91. The molecule has 0 radical (unpaired) electrons. The van der Waals surface area contributed by atoms with Crippen LogP contribution < -0.4 is 16.8 Å². The van der Waals surface area contributed by atoms with Crippen molar-refractivity contribution in [3.05, 3.63) is 24.3 Å². The molecule has 1 aromatic carbocycles. The Morgan fingerprint density at radius 3 is 2.76 bits per heavy atom. The average Bonchev–Trinajstić information content (AvgIpc) is 2.68. The predicted octanol–water partition coefficient (Wildman–Crippen LogP) is 1.72. The lowest BCUT2D eigenvalue weighted by Crippen LogP contribution is -2.28. The molecule has 1 amide bonds. The molecule has 0 aliphatic heterocycles. The van der Waals surface area contributed by atoms with Crippen LogP contribution in [-0.4, -0.2) is 11.9 Å². The van der Waals surface area contributed by atoms with Crippen molar-refractivity contribution in [2.75, 3.05) is 11.1 Å². The molecule has 0 heterocycles. The molecular weight excluding hydrogens is 214 g/mol. The molecule has 2 rings (SSSR count). The van der Waals surface area contributed by atoms with Gasteiger partial charge in [-0.15, -0.1) is 0 Å². The van der Waals surface area contributed by atoms with Crippen molar-refractivity contribution in [3.8, 4) is 0 Å². The Morgan fingerprint density at radius 2 is 2.12 bits per heavy atom. The lowest BCUT2D eigenvalue weighted by molar-refractivity contribution is -0.117. The smallest absolute Gasteiger partial charge is 0.224 e. The molecule has 0 aromatic heterocycles. The Bertz CT molecular complexity index is 405. The van der Waals surface area contributed by atoms with Crippen molar-refractivity contribution < 1.29 is 4.79 Å². The highest BCUT2D eigenvalue weighted by Gasteiger charge is 2.26. The molecule has 1 aliphatic rings. The predicted molar refractivity (Wildman–Crippen MR) is 69.4 cm³/mol. The number of nitrogen functional groups attached to an aromatic ring is 1. The molecule has 1 aliphatic carbocycles. The molecule has 0 saturated heterocycles. The maximum atomic E-state index is 11.8. The molecule has 17 heavy (non-hydrogen) atoms. The van der Waals surface area contributed by atoms with E-state index in [0.717, 1.165) is 19.3 Å². The monoisotopic (exact) mass is 233 g/mol. The minimum absolute atomic E-state index is 0.00486. The maximum Gasteiger partial charge on any atom is 0.224 e. The fourth-order valence-corrected chi connectivity index (χ4v) is 2.37. The summed E-state index contributed by atoms with van der Waals surface area (Å²) in [5.74, 6) is 0.324. The number of hydrogen-bond acceptors (Lipinski definition) is 3.